The van der Waals surface area contributed by atoms with Crippen LogP contribution in [0.25, 0.3) is 0 Å². The second kappa shape index (κ2) is 7.97. The van der Waals surface area contributed by atoms with Gasteiger partial charge in [-0.25, -0.2) is 0 Å². The summed E-state index contributed by atoms with van der Waals surface area (Å²) in [7, 11) is 3.62. The average molecular weight is 210 g/mol. The van der Waals surface area contributed by atoms with Crippen molar-refractivity contribution in [3.8, 4) is 0 Å². The number of rotatable bonds is 7. The number of hydrogen-bond acceptors (Lipinski definition) is 3. The van der Waals surface area contributed by atoms with Crippen LogP contribution in [0.2, 0.25) is 0 Å². The van der Waals surface area contributed by atoms with Gasteiger partial charge in [0, 0.05) is 7.05 Å². The lowest BCUT2D eigenvalue weighted by atomic mass is 10.4. The van der Waals surface area contributed by atoms with Crippen molar-refractivity contribution in [2.45, 2.75) is 26.4 Å². The van der Waals surface area contributed by atoms with Crippen molar-refractivity contribution < 1.29 is 4.74 Å². The zero-order valence-corrected chi connectivity index (χ0v) is 10.2. The molecule has 0 heterocycles. The zero-order chi connectivity index (χ0) is 11.7. The highest BCUT2D eigenvalue weighted by atomic mass is 16.5. The van der Waals surface area contributed by atoms with E-state index in [1.807, 2.05) is 24.2 Å². The molecule has 0 radical (unpaired) electrons. The summed E-state index contributed by atoms with van der Waals surface area (Å²) in [5, 5.41) is 3.25. The fraction of sp³-hybridized carbons (Fsp3) is 0.500. The van der Waals surface area contributed by atoms with Gasteiger partial charge in [0.1, 0.15) is 0 Å². The zero-order valence-electron chi connectivity index (χ0n) is 10.2. The molecule has 15 heavy (non-hydrogen) atoms. The minimum absolute atomic E-state index is 0.180. The van der Waals surface area contributed by atoms with Gasteiger partial charge in [-0.15, -0.1) is 0 Å². The van der Waals surface area contributed by atoms with Gasteiger partial charge in [-0.05, 0) is 25.6 Å². The molecule has 3 nitrogen and oxygen atoms in total. The van der Waals surface area contributed by atoms with Crippen LogP contribution in [0.3, 0.4) is 0 Å². The van der Waals surface area contributed by atoms with E-state index in [-0.39, 0.29) is 6.17 Å². The van der Waals surface area contributed by atoms with E-state index in [0.29, 0.717) is 0 Å². The normalized spacial score (nSPS) is 13.7. The third kappa shape index (κ3) is 5.15. The monoisotopic (exact) mass is 210 g/mol. The van der Waals surface area contributed by atoms with E-state index in [2.05, 4.69) is 31.8 Å². The van der Waals surface area contributed by atoms with Crippen LogP contribution in [0, 0.1) is 0 Å². The van der Waals surface area contributed by atoms with E-state index in [9.17, 15) is 0 Å². The standard InChI is InChI=1S/C12H22N2O/c1-6-8-10-13-11(3)14(4)12(15-5)9-7-2/h7-11,13H,2,6H2,1,3-5H3/b10-8-,12-9+. The fourth-order valence-electron chi connectivity index (χ4n) is 1.06. The van der Waals surface area contributed by atoms with Crippen LogP contribution in [-0.2, 0) is 4.74 Å². The number of allylic oxidation sites excluding steroid dienone is 3. The van der Waals surface area contributed by atoms with E-state index in [1.54, 1.807) is 13.2 Å². The maximum atomic E-state index is 5.23. The molecule has 0 rings (SSSR count). The molecule has 0 amide bonds. The van der Waals surface area contributed by atoms with Gasteiger partial charge in [-0.2, -0.15) is 0 Å². The minimum atomic E-state index is 0.180. The first-order valence-corrected chi connectivity index (χ1v) is 5.18. The Balaban J connectivity index is 4.27. The highest BCUT2D eigenvalue weighted by Gasteiger charge is 2.09. The highest BCUT2D eigenvalue weighted by molar-refractivity contribution is 5.04. The van der Waals surface area contributed by atoms with E-state index in [0.717, 1.165) is 12.3 Å². The maximum absolute atomic E-state index is 5.23. The summed E-state index contributed by atoms with van der Waals surface area (Å²) in [6.45, 7) is 7.82. The quantitative estimate of drug-likeness (QED) is 0.397. The summed E-state index contributed by atoms with van der Waals surface area (Å²) in [5.41, 5.74) is 0. The Hall–Kier alpha value is -1.38. The van der Waals surface area contributed by atoms with Crippen LogP contribution in [0.15, 0.2) is 36.9 Å². The molecule has 0 aliphatic heterocycles. The SMILES string of the molecule is C=C/C=C(/OC)N(C)C(C)N/C=C\CC. The topological polar surface area (TPSA) is 24.5 Å². The summed E-state index contributed by atoms with van der Waals surface area (Å²) >= 11 is 0. The molecule has 0 aromatic heterocycles. The van der Waals surface area contributed by atoms with Gasteiger partial charge >= 0.3 is 0 Å². The fourth-order valence-corrected chi connectivity index (χ4v) is 1.06. The summed E-state index contributed by atoms with van der Waals surface area (Å²) in [6.07, 6.45) is 8.80. The van der Waals surface area contributed by atoms with Crippen molar-refractivity contribution in [2.24, 2.45) is 0 Å². The van der Waals surface area contributed by atoms with Crippen LogP contribution in [0.1, 0.15) is 20.3 Å². The summed E-state index contributed by atoms with van der Waals surface area (Å²) in [4.78, 5) is 2.00. The van der Waals surface area contributed by atoms with Gasteiger partial charge in [-0.3, -0.25) is 0 Å². The second-order valence-corrected chi connectivity index (χ2v) is 3.21. The number of nitrogens with zero attached hydrogens (tertiary/aromatic N) is 1. The van der Waals surface area contributed by atoms with E-state index in [1.165, 1.54) is 0 Å². The van der Waals surface area contributed by atoms with Crippen molar-refractivity contribution in [1.29, 1.82) is 0 Å². The Kier molecular flexibility index (Phi) is 7.24. The Bertz CT molecular complexity index is 234. The Morgan fingerprint density at radius 3 is 2.73 bits per heavy atom. The molecule has 0 spiro atoms. The predicted molar refractivity (Wildman–Crippen MR) is 65.1 cm³/mol. The largest absolute Gasteiger partial charge is 0.482 e. The van der Waals surface area contributed by atoms with Gasteiger partial charge in [0.2, 0.25) is 0 Å². The molecule has 0 aromatic carbocycles. The van der Waals surface area contributed by atoms with Gasteiger partial charge in [0.25, 0.3) is 0 Å². The molecule has 0 aliphatic rings. The molecule has 0 fully saturated rings. The molecule has 0 aliphatic carbocycles. The molecule has 0 saturated heterocycles. The first-order valence-electron chi connectivity index (χ1n) is 5.18. The maximum Gasteiger partial charge on any atom is 0.190 e. The van der Waals surface area contributed by atoms with Crippen molar-refractivity contribution >= 4 is 0 Å². The van der Waals surface area contributed by atoms with E-state index < -0.39 is 0 Å². The molecule has 1 atom stereocenters. The molecular weight excluding hydrogens is 188 g/mol. The average Bonchev–Trinajstić information content (AvgIpc) is 2.25. The van der Waals surface area contributed by atoms with Crippen LogP contribution in [0.4, 0.5) is 0 Å². The van der Waals surface area contributed by atoms with Crippen LogP contribution < -0.4 is 5.32 Å². The number of methoxy groups -OCH3 is 1. The van der Waals surface area contributed by atoms with Gasteiger partial charge in [-0.1, -0.05) is 25.7 Å². The van der Waals surface area contributed by atoms with Gasteiger partial charge in [0.15, 0.2) is 5.88 Å². The molecule has 3 heteroatoms. The summed E-state index contributed by atoms with van der Waals surface area (Å²) < 4.78 is 5.23. The first kappa shape index (κ1) is 13.6. The van der Waals surface area contributed by atoms with E-state index >= 15 is 0 Å². The second-order valence-electron chi connectivity index (χ2n) is 3.21. The smallest absolute Gasteiger partial charge is 0.190 e. The molecule has 0 saturated carbocycles. The molecule has 1 N–H and O–H groups in total. The molecule has 1 unspecified atom stereocenters. The number of ether oxygens (including phenoxy) is 1. The van der Waals surface area contributed by atoms with Crippen molar-refractivity contribution in [3.63, 3.8) is 0 Å². The first-order chi connectivity index (χ1) is 7.17. The van der Waals surface area contributed by atoms with Gasteiger partial charge in [0.05, 0.1) is 13.3 Å². The van der Waals surface area contributed by atoms with Crippen LogP contribution >= 0.6 is 0 Å². The summed E-state index contributed by atoms with van der Waals surface area (Å²) in [5.74, 6) is 0.787. The predicted octanol–water partition coefficient (Wildman–Crippen LogP) is 2.45. The third-order valence-electron chi connectivity index (χ3n) is 2.09. The lowest BCUT2D eigenvalue weighted by Crippen LogP contribution is -2.38. The summed E-state index contributed by atoms with van der Waals surface area (Å²) in [6, 6.07) is 0. The highest BCUT2D eigenvalue weighted by Crippen LogP contribution is 2.05. The van der Waals surface area contributed by atoms with E-state index in [4.69, 9.17) is 4.74 Å². The number of nitrogens with one attached hydrogen (secondary N) is 1. The van der Waals surface area contributed by atoms with Crippen molar-refractivity contribution in [2.75, 3.05) is 14.2 Å². The molecular formula is C12H22N2O. The Morgan fingerprint density at radius 2 is 2.27 bits per heavy atom. The third-order valence-corrected chi connectivity index (χ3v) is 2.09. The van der Waals surface area contributed by atoms with Crippen molar-refractivity contribution in [1.82, 2.24) is 10.2 Å². The molecule has 0 bridgehead atoms. The Morgan fingerprint density at radius 1 is 1.60 bits per heavy atom. The van der Waals surface area contributed by atoms with Crippen LogP contribution in [-0.4, -0.2) is 25.2 Å². The minimum Gasteiger partial charge on any atom is -0.482 e. The van der Waals surface area contributed by atoms with Crippen molar-refractivity contribution in [3.05, 3.63) is 36.9 Å². The van der Waals surface area contributed by atoms with Gasteiger partial charge < -0.3 is 15.0 Å². The Labute approximate surface area is 93.1 Å². The molecule has 86 valence electrons. The lowest BCUT2D eigenvalue weighted by molar-refractivity contribution is 0.138. The molecule has 0 aromatic rings. The number of hydrogen-bond donors (Lipinski definition) is 1. The lowest BCUT2D eigenvalue weighted by Gasteiger charge is -2.27. The van der Waals surface area contributed by atoms with Crippen LogP contribution in [0.5, 0.6) is 0 Å².